The number of phenolic OH excluding ortho intramolecular Hbond substituents is 1. The van der Waals surface area contributed by atoms with Crippen molar-refractivity contribution in [3.63, 3.8) is 0 Å². The van der Waals surface area contributed by atoms with Crippen LogP contribution in [0.4, 0.5) is 17.1 Å². The van der Waals surface area contributed by atoms with Crippen LogP contribution in [0, 0.1) is 6.92 Å². The average molecular weight is 257 g/mol. The van der Waals surface area contributed by atoms with Gasteiger partial charge < -0.3 is 21.9 Å². The van der Waals surface area contributed by atoms with Crippen LogP contribution in [-0.2, 0) is 0 Å². The maximum Gasteiger partial charge on any atom is 0.255 e. The third-order valence-electron chi connectivity index (χ3n) is 2.71. The second-order valence-corrected chi connectivity index (χ2v) is 4.34. The van der Waals surface area contributed by atoms with Gasteiger partial charge in [0.05, 0.1) is 0 Å². The molecule has 0 aromatic heterocycles. The number of carbonyl (C=O) groups is 1. The lowest BCUT2D eigenvalue weighted by Crippen LogP contribution is -2.12. The second kappa shape index (κ2) is 4.89. The van der Waals surface area contributed by atoms with Crippen LogP contribution in [0.1, 0.15) is 15.9 Å². The van der Waals surface area contributed by atoms with Crippen LogP contribution < -0.4 is 16.8 Å². The molecule has 0 aliphatic carbocycles. The van der Waals surface area contributed by atoms with Gasteiger partial charge in [-0.2, -0.15) is 0 Å². The molecule has 0 aliphatic rings. The van der Waals surface area contributed by atoms with Gasteiger partial charge in [-0.15, -0.1) is 0 Å². The normalized spacial score (nSPS) is 10.2. The molecule has 5 nitrogen and oxygen atoms in total. The predicted molar refractivity (Wildman–Crippen MR) is 76.1 cm³/mol. The van der Waals surface area contributed by atoms with Gasteiger partial charge in [0.2, 0.25) is 0 Å². The fourth-order valence-corrected chi connectivity index (χ4v) is 1.70. The molecule has 98 valence electrons. The van der Waals surface area contributed by atoms with Crippen LogP contribution >= 0.6 is 0 Å². The highest BCUT2D eigenvalue weighted by atomic mass is 16.3. The summed E-state index contributed by atoms with van der Waals surface area (Å²) in [6.45, 7) is 1.78. The molecule has 0 fully saturated rings. The third-order valence-corrected chi connectivity index (χ3v) is 2.71. The molecule has 0 bridgehead atoms. The van der Waals surface area contributed by atoms with Crippen LogP contribution in [0.5, 0.6) is 5.75 Å². The Morgan fingerprint density at radius 1 is 1.11 bits per heavy atom. The number of hydrogen-bond donors (Lipinski definition) is 4. The lowest BCUT2D eigenvalue weighted by Gasteiger charge is -2.08. The number of rotatable bonds is 2. The van der Waals surface area contributed by atoms with Crippen molar-refractivity contribution in [2.45, 2.75) is 6.92 Å². The first-order valence-electron chi connectivity index (χ1n) is 5.73. The van der Waals surface area contributed by atoms with Gasteiger partial charge in [0, 0.05) is 28.7 Å². The van der Waals surface area contributed by atoms with Crippen molar-refractivity contribution >= 4 is 23.0 Å². The van der Waals surface area contributed by atoms with Crippen molar-refractivity contribution < 1.29 is 9.90 Å². The average Bonchev–Trinajstić information content (AvgIpc) is 2.32. The number of anilines is 3. The number of benzene rings is 2. The van der Waals surface area contributed by atoms with Crippen LogP contribution in [0.2, 0.25) is 0 Å². The number of nitrogens with two attached hydrogens (primary N) is 2. The molecule has 2 aromatic carbocycles. The first kappa shape index (κ1) is 12.8. The molecule has 0 saturated heterocycles. The summed E-state index contributed by atoms with van der Waals surface area (Å²) in [5.41, 5.74) is 13.7. The first-order valence-corrected chi connectivity index (χ1v) is 5.73. The summed E-state index contributed by atoms with van der Waals surface area (Å²) < 4.78 is 0. The van der Waals surface area contributed by atoms with Crippen LogP contribution in [0.3, 0.4) is 0 Å². The number of amides is 1. The number of carbonyl (C=O) groups excluding carboxylic acids is 1. The first-order chi connectivity index (χ1) is 8.95. The highest BCUT2D eigenvalue weighted by Gasteiger charge is 2.08. The van der Waals surface area contributed by atoms with E-state index in [4.69, 9.17) is 11.5 Å². The highest BCUT2D eigenvalue weighted by molar-refractivity contribution is 6.05. The Kier molecular flexibility index (Phi) is 3.29. The van der Waals surface area contributed by atoms with E-state index >= 15 is 0 Å². The van der Waals surface area contributed by atoms with Crippen LogP contribution in [0.15, 0.2) is 36.4 Å². The summed E-state index contributed by atoms with van der Waals surface area (Å²) in [4.78, 5) is 12.0. The minimum Gasteiger partial charge on any atom is -0.508 e. The lowest BCUT2D eigenvalue weighted by molar-refractivity contribution is 0.102. The summed E-state index contributed by atoms with van der Waals surface area (Å²) in [7, 11) is 0. The van der Waals surface area contributed by atoms with Gasteiger partial charge in [-0.1, -0.05) is 6.07 Å². The monoisotopic (exact) mass is 257 g/mol. The molecule has 0 heterocycles. The largest absolute Gasteiger partial charge is 0.508 e. The SMILES string of the molecule is Cc1ccc(NC(=O)c2cc(N)cc(N)c2)cc1O. The molecule has 0 saturated carbocycles. The van der Waals surface area contributed by atoms with Crippen molar-refractivity contribution in [2.75, 3.05) is 16.8 Å². The highest BCUT2D eigenvalue weighted by Crippen LogP contribution is 2.22. The Morgan fingerprint density at radius 3 is 2.32 bits per heavy atom. The fraction of sp³-hybridized carbons (Fsp3) is 0.0714. The number of nitrogen functional groups attached to an aromatic ring is 2. The zero-order valence-electron chi connectivity index (χ0n) is 10.5. The summed E-state index contributed by atoms with van der Waals surface area (Å²) in [5, 5.41) is 12.3. The number of aryl methyl sites for hydroxylation is 1. The molecule has 0 atom stereocenters. The molecule has 1 amide bonds. The predicted octanol–water partition coefficient (Wildman–Crippen LogP) is 2.12. The van der Waals surface area contributed by atoms with Gasteiger partial charge in [-0.3, -0.25) is 4.79 Å². The van der Waals surface area contributed by atoms with Gasteiger partial charge >= 0.3 is 0 Å². The molecule has 0 spiro atoms. The lowest BCUT2D eigenvalue weighted by atomic mass is 10.1. The quantitative estimate of drug-likeness (QED) is 0.619. The van der Waals surface area contributed by atoms with Crippen molar-refractivity contribution in [3.8, 4) is 5.75 Å². The van der Waals surface area contributed by atoms with Crippen molar-refractivity contribution in [1.82, 2.24) is 0 Å². The molecular formula is C14H15N3O2. The number of nitrogens with one attached hydrogen (secondary N) is 1. The fourth-order valence-electron chi connectivity index (χ4n) is 1.70. The molecule has 19 heavy (non-hydrogen) atoms. The number of aromatic hydroxyl groups is 1. The van der Waals surface area contributed by atoms with E-state index in [2.05, 4.69) is 5.32 Å². The molecule has 2 rings (SSSR count). The summed E-state index contributed by atoms with van der Waals surface area (Å²) in [5.74, 6) is -0.202. The Hall–Kier alpha value is -2.69. The van der Waals surface area contributed by atoms with E-state index < -0.39 is 0 Å². The summed E-state index contributed by atoms with van der Waals surface area (Å²) >= 11 is 0. The third kappa shape index (κ3) is 2.95. The Morgan fingerprint density at radius 2 is 1.74 bits per heavy atom. The van der Waals surface area contributed by atoms with Crippen molar-refractivity contribution in [3.05, 3.63) is 47.5 Å². The molecule has 2 aromatic rings. The van der Waals surface area contributed by atoms with Gasteiger partial charge in [-0.25, -0.2) is 0 Å². The minimum absolute atomic E-state index is 0.130. The maximum absolute atomic E-state index is 12.0. The van der Waals surface area contributed by atoms with Gasteiger partial charge in [0.15, 0.2) is 0 Å². The maximum atomic E-state index is 12.0. The van der Waals surface area contributed by atoms with Gasteiger partial charge in [0.25, 0.3) is 5.91 Å². The molecule has 5 heteroatoms. The molecular weight excluding hydrogens is 242 g/mol. The number of phenols is 1. The van der Waals surface area contributed by atoms with E-state index in [9.17, 15) is 9.90 Å². The number of hydrogen-bond acceptors (Lipinski definition) is 4. The van der Waals surface area contributed by atoms with E-state index in [0.29, 0.717) is 22.6 Å². The standard InChI is InChI=1S/C14H15N3O2/c1-8-2-3-12(7-13(8)18)17-14(19)9-4-10(15)6-11(16)5-9/h2-7,18H,15-16H2,1H3,(H,17,19). The zero-order chi connectivity index (χ0) is 14.0. The second-order valence-electron chi connectivity index (χ2n) is 4.34. The van der Waals surface area contributed by atoms with Crippen molar-refractivity contribution in [1.29, 1.82) is 0 Å². The Balaban J connectivity index is 2.22. The Bertz CT molecular complexity index is 618. The molecule has 0 radical (unpaired) electrons. The van der Waals surface area contributed by atoms with Crippen molar-refractivity contribution in [2.24, 2.45) is 0 Å². The van der Waals surface area contributed by atoms with Crippen LogP contribution in [-0.4, -0.2) is 11.0 Å². The summed E-state index contributed by atoms with van der Waals surface area (Å²) in [6, 6.07) is 9.58. The minimum atomic E-state index is -0.331. The van der Waals surface area contributed by atoms with Gasteiger partial charge in [-0.05, 0) is 36.8 Å². The molecule has 0 aliphatic heterocycles. The van der Waals surface area contributed by atoms with E-state index in [1.54, 1.807) is 37.3 Å². The van der Waals surface area contributed by atoms with Gasteiger partial charge in [0.1, 0.15) is 5.75 Å². The van der Waals surface area contributed by atoms with Crippen LogP contribution in [0.25, 0.3) is 0 Å². The van der Waals surface area contributed by atoms with E-state index in [0.717, 1.165) is 5.56 Å². The molecule has 0 unspecified atom stereocenters. The smallest absolute Gasteiger partial charge is 0.255 e. The van der Waals surface area contributed by atoms with E-state index in [-0.39, 0.29) is 11.7 Å². The van der Waals surface area contributed by atoms with E-state index in [1.807, 2.05) is 0 Å². The molecule has 6 N–H and O–H groups in total. The summed E-state index contributed by atoms with van der Waals surface area (Å²) in [6.07, 6.45) is 0. The zero-order valence-corrected chi connectivity index (χ0v) is 10.5. The topological polar surface area (TPSA) is 101 Å². The van der Waals surface area contributed by atoms with E-state index in [1.165, 1.54) is 6.07 Å². The Labute approximate surface area is 110 Å².